The minimum Gasteiger partial charge on any atom is -0.324 e. The van der Waals surface area contributed by atoms with Crippen LogP contribution < -0.4 is 5.32 Å². The first-order valence-corrected chi connectivity index (χ1v) is 9.24. The number of benzene rings is 1. The third-order valence-corrected chi connectivity index (χ3v) is 4.88. The van der Waals surface area contributed by atoms with Crippen molar-refractivity contribution < 1.29 is 4.79 Å². The molecule has 134 valence electrons. The number of aromatic nitrogens is 5. The Bertz CT molecular complexity index is 1060. The second-order valence-corrected chi connectivity index (χ2v) is 6.91. The molecule has 0 atom stereocenters. The predicted octanol–water partition coefficient (Wildman–Crippen LogP) is 3.62. The Morgan fingerprint density at radius 3 is 2.96 bits per heavy atom. The summed E-state index contributed by atoms with van der Waals surface area (Å²) >= 11 is 7.56. The van der Waals surface area contributed by atoms with Crippen LogP contribution in [0, 0.1) is 0 Å². The molecule has 0 unspecified atom stereocenters. The van der Waals surface area contributed by atoms with E-state index in [1.165, 1.54) is 17.7 Å². The molecule has 0 fully saturated rings. The van der Waals surface area contributed by atoms with Crippen molar-refractivity contribution in [3.8, 4) is 16.3 Å². The first-order chi connectivity index (χ1) is 13.2. The monoisotopic (exact) mass is 396 g/mol. The van der Waals surface area contributed by atoms with Gasteiger partial charge in [-0.1, -0.05) is 11.6 Å². The van der Waals surface area contributed by atoms with E-state index >= 15 is 0 Å². The van der Waals surface area contributed by atoms with Crippen LogP contribution in [0.1, 0.15) is 5.69 Å². The lowest BCUT2D eigenvalue weighted by Crippen LogP contribution is -2.16. The first kappa shape index (κ1) is 17.3. The second kappa shape index (κ2) is 7.65. The predicted molar refractivity (Wildman–Crippen MR) is 104 cm³/mol. The van der Waals surface area contributed by atoms with Gasteiger partial charge < -0.3 is 5.32 Å². The summed E-state index contributed by atoms with van der Waals surface area (Å²) in [6.45, 7) is 0. The summed E-state index contributed by atoms with van der Waals surface area (Å²) in [4.78, 5) is 25.1. The van der Waals surface area contributed by atoms with E-state index in [4.69, 9.17) is 11.6 Å². The van der Waals surface area contributed by atoms with Crippen molar-refractivity contribution in [1.29, 1.82) is 0 Å². The minimum atomic E-state index is -0.193. The fraction of sp³-hybridized carbons (Fsp3) is 0.0556. The van der Waals surface area contributed by atoms with Gasteiger partial charge in [0, 0.05) is 28.4 Å². The molecule has 0 spiro atoms. The second-order valence-electron chi connectivity index (χ2n) is 5.61. The Balaban J connectivity index is 1.51. The number of anilines is 1. The smallest absolute Gasteiger partial charge is 0.230 e. The Hall–Kier alpha value is -3.10. The van der Waals surface area contributed by atoms with E-state index in [1.807, 2.05) is 17.5 Å². The third kappa shape index (κ3) is 4.02. The van der Waals surface area contributed by atoms with Gasteiger partial charge in [-0.3, -0.25) is 9.78 Å². The highest BCUT2D eigenvalue weighted by Crippen LogP contribution is 2.25. The summed E-state index contributed by atoms with van der Waals surface area (Å²) in [5.74, 6) is -0.193. The zero-order chi connectivity index (χ0) is 18.6. The lowest BCUT2D eigenvalue weighted by atomic mass is 10.2. The summed E-state index contributed by atoms with van der Waals surface area (Å²) in [5.41, 5.74) is 2.86. The first-order valence-electron chi connectivity index (χ1n) is 7.98. The van der Waals surface area contributed by atoms with Gasteiger partial charge in [-0.05, 0) is 30.3 Å². The molecule has 0 aliphatic heterocycles. The molecule has 0 radical (unpaired) electrons. The molecule has 3 heterocycles. The highest BCUT2D eigenvalue weighted by molar-refractivity contribution is 7.13. The fourth-order valence-electron chi connectivity index (χ4n) is 2.51. The average Bonchev–Trinajstić information content (AvgIpc) is 3.35. The summed E-state index contributed by atoms with van der Waals surface area (Å²) in [5, 5.41) is 10.2. The summed E-state index contributed by atoms with van der Waals surface area (Å²) < 4.78 is 1.56. The number of thiazole rings is 1. The maximum atomic E-state index is 12.5. The van der Waals surface area contributed by atoms with Crippen molar-refractivity contribution in [3.63, 3.8) is 0 Å². The van der Waals surface area contributed by atoms with Crippen molar-refractivity contribution in [1.82, 2.24) is 24.7 Å². The van der Waals surface area contributed by atoms with E-state index in [-0.39, 0.29) is 12.3 Å². The maximum Gasteiger partial charge on any atom is 0.230 e. The molecule has 0 aliphatic carbocycles. The van der Waals surface area contributed by atoms with Gasteiger partial charge in [0.2, 0.25) is 5.91 Å². The zero-order valence-electron chi connectivity index (χ0n) is 13.9. The number of hydrogen-bond acceptors (Lipinski definition) is 6. The summed E-state index contributed by atoms with van der Waals surface area (Å²) in [6.07, 6.45) is 6.59. The number of nitrogens with one attached hydrogen (secondary N) is 1. The fourth-order valence-corrected chi connectivity index (χ4v) is 3.49. The van der Waals surface area contributed by atoms with Crippen LogP contribution in [0.5, 0.6) is 0 Å². The van der Waals surface area contributed by atoms with E-state index in [1.54, 1.807) is 41.6 Å². The minimum absolute atomic E-state index is 0.153. The van der Waals surface area contributed by atoms with Crippen LogP contribution in [0.15, 0.2) is 60.8 Å². The number of amides is 1. The van der Waals surface area contributed by atoms with Gasteiger partial charge in [0.05, 0.1) is 23.5 Å². The molecule has 27 heavy (non-hydrogen) atoms. The largest absolute Gasteiger partial charge is 0.324 e. The molecule has 1 amide bonds. The van der Waals surface area contributed by atoms with Gasteiger partial charge in [-0.25, -0.2) is 14.6 Å². The van der Waals surface area contributed by atoms with Gasteiger partial charge in [-0.15, -0.1) is 11.3 Å². The number of halogens is 1. The van der Waals surface area contributed by atoms with Crippen LogP contribution in [0.2, 0.25) is 5.02 Å². The molecule has 0 saturated heterocycles. The quantitative estimate of drug-likeness (QED) is 0.556. The SMILES string of the molecule is O=C(Cc1csc(-c2cccnc2)n1)Nc1cc(Cl)ccc1-n1cncn1. The molecule has 7 nitrogen and oxygen atoms in total. The number of carbonyl (C=O) groups excluding carboxylic acids is 1. The highest BCUT2D eigenvalue weighted by atomic mass is 35.5. The summed E-state index contributed by atoms with van der Waals surface area (Å²) in [6, 6.07) is 8.98. The Labute approximate surface area is 163 Å². The van der Waals surface area contributed by atoms with Crippen LogP contribution in [-0.2, 0) is 11.2 Å². The molecule has 4 rings (SSSR count). The Morgan fingerprint density at radius 1 is 1.26 bits per heavy atom. The van der Waals surface area contributed by atoms with Gasteiger partial charge in [0.25, 0.3) is 0 Å². The zero-order valence-corrected chi connectivity index (χ0v) is 15.5. The molecule has 3 aromatic heterocycles. The normalized spacial score (nSPS) is 10.7. The molecule has 0 saturated carbocycles. The molecular weight excluding hydrogens is 384 g/mol. The van der Waals surface area contributed by atoms with Crippen molar-refractivity contribution in [3.05, 3.63) is 71.5 Å². The van der Waals surface area contributed by atoms with E-state index in [0.29, 0.717) is 22.1 Å². The molecule has 0 aliphatic rings. The topological polar surface area (TPSA) is 85.6 Å². The molecule has 1 N–H and O–H groups in total. The standard InChI is InChI=1S/C18H13ClN6OS/c19-13-3-4-16(25-11-21-10-22-25)15(6-13)24-17(26)7-14-9-27-18(23-14)12-2-1-5-20-8-12/h1-6,8-11H,7H2,(H,24,26). The highest BCUT2D eigenvalue weighted by Gasteiger charge is 2.13. The number of hydrogen-bond donors (Lipinski definition) is 1. The Kier molecular flexibility index (Phi) is 4.91. The van der Waals surface area contributed by atoms with Gasteiger partial charge in [0.1, 0.15) is 17.7 Å². The van der Waals surface area contributed by atoms with Gasteiger partial charge in [0.15, 0.2) is 0 Å². The maximum absolute atomic E-state index is 12.5. The molecule has 0 bridgehead atoms. The number of nitrogens with zero attached hydrogens (tertiary/aromatic N) is 5. The number of rotatable bonds is 5. The van der Waals surface area contributed by atoms with E-state index in [0.717, 1.165) is 10.6 Å². The average molecular weight is 397 g/mol. The van der Waals surface area contributed by atoms with Crippen LogP contribution >= 0.6 is 22.9 Å². The van der Waals surface area contributed by atoms with Crippen molar-refractivity contribution >= 4 is 34.5 Å². The van der Waals surface area contributed by atoms with E-state index < -0.39 is 0 Å². The Morgan fingerprint density at radius 2 is 2.19 bits per heavy atom. The van der Waals surface area contributed by atoms with Crippen molar-refractivity contribution in [2.75, 3.05) is 5.32 Å². The van der Waals surface area contributed by atoms with Crippen molar-refractivity contribution in [2.45, 2.75) is 6.42 Å². The lowest BCUT2D eigenvalue weighted by Gasteiger charge is -2.11. The van der Waals surface area contributed by atoms with Gasteiger partial charge >= 0.3 is 0 Å². The van der Waals surface area contributed by atoms with Crippen molar-refractivity contribution in [2.24, 2.45) is 0 Å². The molecule has 4 aromatic rings. The van der Waals surface area contributed by atoms with Crippen LogP contribution in [0.3, 0.4) is 0 Å². The van der Waals surface area contributed by atoms with Crippen LogP contribution in [0.4, 0.5) is 5.69 Å². The molecule has 1 aromatic carbocycles. The van der Waals surface area contributed by atoms with E-state index in [9.17, 15) is 4.79 Å². The van der Waals surface area contributed by atoms with E-state index in [2.05, 4.69) is 25.4 Å². The third-order valence-electron chi connectivity index (χ3n) is 3.70. The van der Waals surface area contributed by atoms with Gasteiger partial charge in [-0.2, -0.15) is 5.10 Å². The summed E-state index contributed by atoms with van der Waals surface area (Å²) in [7, 11) is 0. The van der Waals surface area contributed by atoms with Crippen LogP contribution in [-0.4, -0.2) is 30.6 Å². The number of pyridine rings is 1. The van der Waals surface area contributed by atoms with Crippen LogP contribution in [0.25, 0.3) is 16.3 Å². The lowest BCUT2D eigenvalue weighted by molar-refractivity contribution is -0.115. The molecule has 9 heteroatoms. The number of carbonyl (C=O) groups is 1. The molecular formula is C18H13ClN6OS.